The summed E-state index contributed by atoms with van der Waals surface area (Å²) in [5.41, 5.74) is 1.56. The molecule has 0 unspecified atom stereocenters. The topological polar surface area (TPSA) is 59.1 Å². The Bertz CT molecular complexity index is 889. The molecule has 6 nitrogen and oxygen atoms in total. The van der Waals surface area contributed by atoms with E-state index in [0.717, 1.165) is 5.56 Å². The van der Waals surface area contributed by atoms with E-state index in [0.29, 0.717) is 29.5 Å². The third-order valence-corrected chi connectivity index (χ3v) is 5.18. The fourth-order valence-corrected chi connectivity index (χ4v) is 3.76. The summed E-state index contributed by atoms with van der Waals surface area (Å²) >= 11 is 6.08. The van der Waals surface area contributed by atoms with E-state index in [2.05, 4.69) is 0 Å². The number of halogens is 1. The molecule has 2 aliphatic heterocycles. The Balaban J connectivity index is 1.52. The molecule has 146 valence electrons. The molecule has 0 aromatic heterocycles. The first kappa shape index (κ1) is 18.8. The summed E-state index contributed by atoms with van der Waals surface area (Å²) in [6, 6.07) is 14.9. The van der Waals surface area contributed by atoms with Crippen molar-refractivity contribution < 1.29 is 19.1 Å². The van der Waals surface area contributed by atoms with Gasteiger partial charge in [-0.2, -0.15) is 0 Å². The highest BCUT2D eigenvalue weighted by Crippen LogP contribution is 2.34. The molecule has 28 heavy (non-hydrogen) atoms. The number of carbonyl (C=O) groups excluding carboxylic acids is 2. The molecule has 0 N–H and O–H groups in total. The highest BCUT2D eigenvalue weighted by molar-refractivity contribution is 6.31. The molecule has 2 aliphatic rings. The lowest BCUT2D eigenvalue weighted by atomic mass is 10.1. The van der Waals surface area contributed by atoms with E-state index < -0.39 is 0 Å². The number of amides is 2. The number of rotatable bonds is 3. The average molecular weight is 401 g/mol. The van der Waals surface area contributed by atoms with Crippen LogP contribution in [0.15, 0.2) is 48.5 Å². The van der Waals surface area contributed by atoms with Crippen LogP contribution in [0.1, 0.15) is 18.6 Å². The van der Waals surface area contributed by atoms with Crippen LogP contribution in [0, 0.1) is 0 Å². The van der Waals surface area contributed by atoms with Gasteiger partial charge in [0.2, 0.25) is 5.91 Å². The monoisotopic (exact) mass is 400 g/mol. The molecule has 7 heteroatoms. The van der Waals surface area contributed by atoms with E-state index in [4.69, 9.17) is 21.1 Å². The number of anilines is 1. The smallest absolute Gasteiger partial charge is 0.265 e. The summed E-state index contributed by atoms with van der Waals surface area (Å²) in [6.45, 7) is 2.75. The van der Waals surface area contributed by atoms with Crippen LogP contribution in [0.2, 0.25) is 5.02 Å². The van der Waals surface area contributed by atoms with Gasteiger partial charge in [-0.25, -0.2) is 0 Å². The summed E-state index contributed by atoms with van der Waals surface area (Å²) in [7, 11) is 0. The molecule has 2 heterocycles. The van der Waals surface area contributed by atoms with Crippen molar-refractivity contribution in [2.45, 2.75) is 19.1 Å². The largest absolute Gasteiger partial charge is 0.482 e. The molecule has 2 aromatic carbocycles. The molecule has 2 aromatic rings. The minimum Gasteiger partial charge on any atom is -0.482 e. The third kappa shape index (κ3) is 3.84. The van der Waals surface area contributed by atoms with Crippen LogP contribution in [0.25, 0.3) is 0 Å². The first-order valence-electron chi connectivity index (χ1n) is 9.22. The van der Waals surface area contributed by atoms with Gasteiger partial charge in [-0.1, -0.05) is 41.9 Å². The number of carbonyl (C=O) groups is 2. The Morgan fingerprint density at radius 1 is 1.18 bits per heavy atom. The molecular formula is C21H21ClN2O4. The first-order chi connectivity index (χ1) is 13.5. The van der Waals surface area contributed by atoms with Gasteiger partial charge >= 0.3 is 0 Å². The average Bonchev–Trinajstić information content (AvgIpc) is 2.70. The molecular weight excluding hydrogens is 380 g/mol. The van der Waals surface area contributed by atoms with Crippen molar-refractivity contribution in [2.75, 3.05) is 31.1 Å². The first-order valence-corrected chi connectivity index (χ1v) is 9.60. The standard InChI is InChI=1S/C21H21ClN2O4/c1-14-10-23(11-19(28-14)15-5-3-2-4-6-15)20(25)12-24-17-9-16(22)7-8-18(17)27-13-21(24)26/h2-9,14,19H,10-13H2,1H3/t14-,19+/m1/s1. The van der Waals surface area contributed by atoms with Crippen LogP contribution < -0.4 is 9.64 Å². The summed E-state index contributed by atoms with van der Waals surface area (Å²) in [5, 5.41) is 0.485. The zero-order valence-electron chi connectivity index (χ0n) is 15.5. The lowest BCUT2D eigenvalue weighted by Gasteiger charge is -2.38. The maximum absolute atomic E-state index is 13.0. The number of fused-ring (bicyclic) bond motifs is 1. The lowest BCUT2D eigenvalue weighted by molar-refractivity contribution is -0.144. The number of morpholine rings is 1. The predicted molar refractivity (Wildman–Crippen MR) is 106 cm³/mol. The second-order valence-electron chi connectivity index (χ2n) is 7.03. The lowest BCUT2D eigenvalue weighted by Crippen LogP contribution is -2.51. The molecule has 1 fully saturated rings. The summed E-state index contributed by atoms with van der Waals surface area (Å²) in [4.78, 5) is 28.6. The predicted octanol–water partition coefficient (Wildman–Crippen LogP) is 3.05. The quantitative estimate of drug-likeness (QED) is 0.794. The van der Waals surface area contributed by atoms with Gasteiger partial charge in [0.1, 0.15) is 18.4 Å². The Hall–Kier alpha value is -2.57. The van der Waals surface area contributed by atoms with E-state index >= 15 is 0 Å². The molecule has 1 saturated heterocycles. The van der Waals surface area contributed by atoms with E-state index in [-0.39, 0.29) is 37.2 Å². The highest BCUT2D eigenvalue weighted by Gasteiger charge is 2.33. The van der Waals surface area contributed by atoms with Crippen molar-refractivity contribution in [3.05, 3.63) is 59.1 Å². The van der Waals surface area contributed by atoms with Gasteiger partial charge in [0, 0.05) is 11.6 Å². The second-order valence-corrected chi connectivity index (χ2v) is 7.46. The van der Waals surface area contributed by atoms with Gasteiger partial charge < -0.3 is 14.4 Å². The van der Waals surface area contributed by atoms with Gasteiger partial charge in [-0.15, -0.1) is 0 Å². The van der Waals surface area contributed by atoms with Gasteiger partial charge in [-0.3, -0.25) is 14.5 Å². The number of nitrogens with zero attached hydrogens (tertiary/aromatic N) is 2. The Morgan fingerprint density at radius 3 is 2.75 bits per heavy atom. The molecule has 0 saturated carbocycles. The molecule has 2 atom stereocenters. The van der Waals surface area contributed by atoms with Gasteiger partial charge in [-0.05, 0) is 30.7 Å². The normalized spacial score (nSPS) is 21.9. The van der Waals surface area contributed by atoms with Gasteiger partial charge in [0.25, 0.3) is 5.91 Å². The van der Waals surface area contributed by atoms with Gasteiger partial charge in [0.05, 0.1) is 18.3 Å². The maximum atomic E-state index is 13.0. The molecule has 0 aliphatic carbocycles. The van der Waals surface area contributed by atoms with Crippen LogP contribution in [0.5, 0.6) is 5.75 Å². The van der Waals surface area contributed by atoms with Crippen molar-refractivity contribution in [3.8, 4) is 5.75 Å². The third-order valence-electron chi connectivity index (χ3n) is 4.94. The van der Waals surface area contributed by atoms with Crippen molar-refractivity contribution in [1.82, 2.24) is 4.90 Å². The number of benzene rings is 2. The van der Waals surface area contributed by atoms with E-state index in [1.807, 2.05) is 37.3 Å². The van der Waals surface area contributed by atoms with Crippen LogP contribution in [-0.2, 0) is 14.3 Å². The number of hydrogen-bond acceptors (Lipinski definition) is 4. The molecule has 0 bridgehead atoms. The van der Waals surface area contributed by atoms with E-state index in [1.54, 1.807) is 23.1 Å². The van der Waals surface area contributed by atoms with Crippen molar-refractivity contribution in [1.29, 1.82) is 0 Å². The molecule has 0 spiro atoms. The minimum atomic E-state index is -0.260. The van der Waals surface area contributed by atoms with Crippen LogP contribution in [0.3, 0.4) is 0 Å². The van der Waals surface area contributed by atoms with Crippen molar-refractivity contribution in [3.63, 3.8) is 0 Å². The van der Waals surface area contributed by atoms with Crippen LogP contribution in [-0.4, -0.2) is 49.1 Å². The maximum Gasteiger partial charge on any atom is 0.265 e. The Morgan fingerprint density at radius 2 is 1.96 bits per heavy atom. The molecule has 4 rings (SSSR count). The van der Waals surface area contributed by atoms with Crippen molar-refractivity contribution in [2.24, 2.45) is 0 Å². The van der Waals surface area contributed by atoms with E-state index in [1.165, 1.54) is 4.90 Å². The van der Waals surface area contributed by atoms with Crippen LogP contribution in [0.4, 0.5) is 5.69 Å². The summed E-state index contributed by atoms with van der Waals surface area (Å²) in [6.07, 6.45) is -0.277. The second kappa shape index (κ2) is 7.81. The number of hydrogen-bond donors (Lipinski definition) is 0. The zero-order chi connectivity index (χ0) is 19.7. The summed E-state index contributed by atoms with van der Waals surface area (Å²) < 4.78 is 11.5. The Labute approximate surface area is 168 Å². The van der Waals surface area contributed by atoms with Gasteiger partial charge in [0.15, 0.2) is 6.61 Å². The van der Waals surface area contributed by atoms with Crippen molar-refractivity contribution >= 4 is 29.1 Å². The van der Waals surface area contributed by atoms with E-state index in [9.17, 15) is 9.59 Å². The van der Waals surface area contributed by atoms with Crippen LogP contribution >= 0.6 is 11.6 Å². The fraction of sp³-hybridized carbons (Fsp3) is 0.333. The highest BCUT2D eigenvalue weighted by atomic mass is 35.5. The SMILES string of the molecule is C[C@@H]1CN(C(=O)CN2C(=O)COc3ccc(Cl)cc32)C[C@@H](c2ccccc2)O1. The zero-order valence-corrected chi connectivity index (χ0v) is 16.3. The Kier molecular flexibility index (Phi) is 5.24. The molecule has 0 radical (unpaired) electrons. The summed E-state index contributed by atoms with van der Waals surface area (Å²) in [5.74, 6) is 0.163. The number of ether oxygens (including phenoxy) is 2. The molecule has 2 amide bonds. The minimum absolute atomic E-state index is 0.0518. The fourth-order valence-electron chi connectivity index (χ4n) is 3.59.